The van der Waals surface area contributed by atoms with E-state index in [2.05, 4.69) is 71.5 Å². The predicted octanol–water partition coefficient (Wildman–Crippen LogP) is 5.87. The van der Waals surface area contributed by atoms with Crippen LogP contribution in [0.4, 0.5) is 4.39 Å². The third kappa shape index (κ3) is 4.55. The molecule has 4 rings (SSSR count). The molecule has 0 aliphatic carbocycles. The summed E-state index contributed by atoms with van der Waals surface area (Å²) >= 11 is 1.75. The monoisotopic (exact) mass is 406 g/mol. The molecule has 4 heteroatoms. The van der Waals surface area contributed by atoms with Gasteiger partial charge in [0, 0.05) is 36.6 Å². The van der Waals surface area contributed by atoms with Gasteiger partial charge in [0.1, 0.15) is 5.82 Å². The molecule has 2 nitrogen and oxygen atoms in total. The van der Waals surface area contributed by atoms with Crippen LogP contribution in [-0.4, -0.2) is 29.1 Å². The van der Waals surface area contributed by atoms with E-state index in [-0.39, 0.29) is 12.0 Å². The highest BCUT2D eigenvalue weighted by molar-refractivity contribution is 7.98. The Morgan fingerprint density at radius 2 is 1.41 bits per heavy atom. The first-order valence-corrected chi connectivity index (χ1v) is 11.3. The Hall–Kier alpha value is -2.14. The van der Waals surface area contributed by atoms with Crippen molar-refractivity contribution in [3.05, 3.63) is 101 Å². The molecule has 150 valence electrons. The van der Waals surface area contributed by atoms with Crippen LogP contribution in [0.1, 0.15) is 28.4 Å². The highest BCUT2D eigenvalue weighted by Gasteiger charge is 2.33. The van der Waals surface area contributed by atoms with E-state index in [1.54, 1.807) is 23.9 Å². The summed E-state index contributed by atoms with van der Waals surface area (Å²) in [6.07, 6.45) is 2.24. The Kier molecular flexibility index (Phi) is 6.34. The maximum Gasteiger partial charge on any atom is 0.127 e. The van der Waals surface area contributed by atoms with Crippen molar-refractivity contribution in [3.63, 3.8) is 0 Å². The average Bonchev–Trinajstić information content (AvgIpc) is 3.13. The quantitative estimate of drug-likeness (QED) is 0.473. The second kappa shape index (κ2) is 9.12. The van der Waals surface area contributed by atoms with Crippen molar-refractivity contribution in [2.45, 2.75) is 31.1 Å². The van der Waals surface area contributed by atoms with Crippen molar-refractivity contribution < 1.29 is 4.39 Å². The number of benzene rings is 3. The second-order valence-electron chi connectivity index (χ2n) is 7.61. The number of nitrogens with zero attached hydrogens (tertiary/aromatic N) is 2. The van der Waals surface area contributed by atoms with E-state index >= 15 is 0 Å². The summed E-state index contributed by atoms with van der Waals surface area (Å²) in [5.74, 6) is -0.124. The summed E-state index contributed by atoms with van der Waals surface area (Å²) in [6, 6.07) is 24.5. The molecule has 0 radical (unpaired) electrons. The number of halogens is 1. The van der Waals surface area contributed by atoms with Crippen LogP contribution in [0, 0.1) is 12.7 Å². The first-order chi connectivity index (χ1) is 14.2. The molecule has 1 fully saturated rings. The first kappa shape index (κ1) is 20.1. The van der Waals surface area contributed by atoms with Gasteiger partial charge in [-0.3, -0.25) is 9.80 Å². The average molecular weight is 407 g/mol. The molecule has 0 spiro atoms. The number of hydrogen-bond acceptors (Lipinski definition) is 3. The van der Waals surface area contributed by atoms with Crippen LogP contribution in [0.15, 0.2) is 77.7 Å². The lowest BCUT2D eigenvalue weighted by Crippen LogP contribution is -2.31. The van der Waals surface area contributed by atoms with Crippen LogP contribution in [0.5, 0.6) is 0 Å². The molecule has 0 unspecified atom stereocenters. The minimum Gasteiger partial charge on any atom is -0.278 e. The van der Waals surface area contributed by atoms with Gasteiger partial charge in [-0.05, 0) is 48.1 Å². The van der Waals surface area contributed by atoms with E-state index < -0.39 is 0 Å². The van der Waals surface area contributed by atoms with Gasteiger partial charge in [0.25, 0.3) is 0 Å². The smallest absolute Gasteiger partial charge is 0.127 e. The number of rotatable bonds is 6. The van der Waals surface area contributed by atoms with Gasteiger partial charge >= 0.3 is 0 Å². The fourth-order valence-corrected chi connectivity index (χ4v) is 4.52. The van der Waals surface area contributed by atoms with Gasteiger partial charge < -0.3 is 0 Å². The Bertz CT molecular complexity index is 902. The van der Waals surface area contributed by atoms with E-state index in [0.29, 0.717) is 6.54 Å². The zero-order valence-electron chi connectivity index (χ0n) is 17.0. The summed E-state index contributed by atoms with van der Waals surface area (Å²) in [4.78, 5) is 6.17. The zero-order chi connectivity index (χ0) is 20.2. The van der Waals surface area contributed by atoms with Crippen molar-refractivity contribution in [2.75, 3.05) is 19.3 Å². The number of aryl methyl sites for hydroxylation is 1. The summed E-state index contributed by atoms with van der Waals surface area (Å²) in [7, 11) is 0. The van der Waals surface area contributed by atoms with Crippen molar-refractivity contribution in [1.29, 1.82) is 0 Å². The van der Waals surface area contributed by atoms with Crippen molar-refractivity contribution in [3.8, 4) is 0 Å². The van der Waals surface area contributed by atoms with E-state index in [9.17, 15) is 4.39 Å². The van der Waals surface area contributed by atoms with Crippen molar-refractivity contribution in [2.24, 2.45) is 0 Å². The molecule has 0 amide bonds. The van der Waals surface area contributed by atoms with Crippen LogP contribution < -0.4 is 0 Å². The Labute approximate surface area is 177 Å². The Morgan fingerprint density at radius 3 is 2.03 bits per heavy atom. The molecule has 1 heterocycles. The summed E-state index contributed by atoms with van der Waals surface area (Å²) in [5, 5.41) is 0. The third-order valence-corrected chi connectivity index (χ3v) is 6.49. The van der Waals surface area contributed by atoms with Gasteiger partial charge in [-0.2, -0.15) is 0 Å². The van der Waals surface area contributed by atoms with Crippen molar-refractivity contribution in [1.82, 2.24) is 9.80 Å². The van der Waals surface area contributed by atoms with Gasteiger partial charge in [0.05, 0.1) is 6.17 Å². The molecular formula is C25H27FN2S. The standard InChI is InChI=1S/C25H27FN2S/c1-19-7-3-4-8-21(19)17-27-15-16-28(18-22-9-5-6-10-24(22)26)25(27)20-11-13-23(29-2)14-12-20/h3-14,25H,15-18H2,1-2H3/t25-/m1/s1. The molecule has 1 atom stereocenters. The molecule has 3 aromatic carbocycles. The number of thioether (sulfide) groups is 1. The summed E-state index contributed by atoms with van der Waals surface area (Å²) in [5.41, 5.74) is 4.70. The summed E-state index contributed by atoms with van der Waals surface area (Å²) < 4.78 is 14.3. The normalized spacial score (nSPS) is 17.7. The maximum absolute atomic E-state index is 14.3. The van der Waals surface area contributed by atoms with Crippen LogP contribution in [0.3, 0.4) is 0 Å². The van der Waals surface area contributed by atoms with Gasteiger partial charge in [0.15, 0.2) is 0 Å². The molecule has 0 aromatic heterocycles. The Morgan fingerprint density at radius 1 is 0.828 bits per heavy atom. The molecule has 1 aliphatic rings. The maximum atomic E-state index is 14.3. The van der Waals surface area contributed by atoms with Gasteiger partial charge in [-0.1, -0.05) is 54.6 Å². The zero-order valence-corrected chi connectivity index (χ0v) is 17.8. The lowest BCUT2D eigenvalue weighted by atomic mass is 10.1. The van der Waals surface area contributed by atoms with E-state index in [1.807, 2.05) is 12.1 Å². The molecule has 1 aliphatic heterocycles. The van der Waals surface area contributed by atoms with Gasteiger partial charge in [-0.15, -0.1) is 11.8 Å². The molecule has 29 heavy (non-hydrogen) atoms. The Balaban J connectivity index is 1.63. The largest absolute Gasteiger partial charge is 0.278 e. The highest BCUT2D eigenvalue weighted by Crippen LogP contribution is 2.34. The fourth-order valence-electron chi connectivity index (χ4n) is 4.11. The van der Waals surface area contributed by atoms with E-state index in [4.69, 9.17) is 0 Å². The predicted molar refractivity (Wildman–Crippen MR) is 119 cm³/mol. The lowest BCUT2D eigenvalue weighted by molar-refractivity contribution is 0.124. The van der Waals surface area contributed by atoms with Crippen LogP contribution in [-0.2, 0) is 13.1 Å². The molecular weight excluding hydrogens is 379 g/mol. The van der Waals surface area contributed by atoms with Gasteiger partial charge in [0.2, 0.25) is 0 Å². The summed E-state index contributed by atoms with van der Waals surface area (Å²) in [6.45, 7) is 5.58. The third-order valence-electron chi connectivity index (χ3n) is 5.75. The van der Waals surface area contributed by atoms with Crippen LogP contribution in [0.25, 0.3) is 0 Å². The second-order valence-corrected chi connectivity index (χ2v) is 8.49. The van der Waals surface area contributed by atoms with Gasteiger partial charge in [-0.25, -0.2) is 4.39 Å². The number of hydrogen-bond donors (Lipinski definition) is 0. The van der Waals surface area contributed by atoms with Crippen LogP contribution in [0.2, 0.25) is 0 Å². The first-order valence-electron chi connectivity index (χ1n) is 10.1. The lowest BCUT2D eigenvalue weighted by Gasteiger charge is -2.31. The minimum absolute atomic E-state index is 0.124. The molecule has 1 saturated heterocycles. The highest BCUT2D eigenvalue weighted by atomic mass is 32.2. The van der Waals surface area contributed by atoms with E-state index in [1.165, 1.54) is 21.6 Å². The van der Waals surface area contributed by atoms with Crippen LogP contribution >= 0.6 is 11.8 Å². The topological polar surface area (TPSA) is 6.48 Å². The molecule has 0 saturated carbocycles. The molecule has 3 aromatic rings. The fraction of sp³-hybridized carbons (Fsp3) is 0.280. The van der Waals surface area contributed by atoms with E-state index in [0.717, 1.165) is 25.2 Å². The minimum atomic E-state index is -0.124. The SMILES string of the molecule is CSc1ccc([C@@H]2N(Cc3ccccc3C)CCN2Cc2ccccc2F)cc1. The molecule has 0 bridgehead atoms. The van der Waals surface area contributed by atoms with Crippen molar-refractivity contribution >= 4 is 11.8 Å². The molecule has 0 N–H and O–H groups in total.